The van der Waals surface area contributed by atoms with Gasteiger partial charge in [0.2, 0.25) is 10.0 Å². The molecule has 25 heavy (non-hydrogen) atoms. The first-order chi connectivity index (χ1) is 11.6. The van der Waals surface area contributed by atoms with Crippen molar-refractivity contribution in [3.8, 4) is 0 Å². The van der Waals surface area contributed by atoms with Crippen LogP contribution >= 0.6 is 0 Å². The number of hydrogen-bond donors (Lipinski definition) is 2. The van der Waals surface area contributed by atoms with Gasteiger partial charge in [0.05, 0.1) is 6.26 Å². The molecule has 0 saturated heterocycles. The Labute approximate surface area is 144 Å². The van der Waals surface area contributed by atoms with E-state index >= 15 is 0 Å². The van der Waals surface area contributed by atoms with Crippen LogP contribution in [0.4, 0.5) is 25.8 Å². The summed E-state index contributed by atoms with van der Waals surface area (Å²) in [6.45, 7) is 0. The molecular weight excluding hydrogens is 352 g/mol. The molecular formula is C16H17F2N3O3S. The number of nitrogens with zero attached hydrogens (tertiary/aromatic N) is 1. The Balaban J connectivity index is 2.24. The van der Waals surface area contributed by atoms with Crippen LogP contribution in [0.1, 0.15) is 10.4 Å². The lowest BCUT2D eigenvalue weighted by molar-refractivity contribution is 0.102. The average Bonchev–Trinajstić information content (AvgIpc) is 2.44. The molecule has 0 radical (unpaired) electrons. The van der Waals surface area contributed by atoms with Crippen molar-refractivity contribution in [2.24, 2.45) is 0 Å². The van der Waals surface area contributed by atoms with Gasteiger partial charge in [0.1, 0.15) is 5.69 Å². The molecule has 0 aliphatic rings. The normalized spacial score (nSPS) is 11.1. The highest BCUT2D eigenvalue weighted by Gasteiger charge is 2.15. The van der Waals surface area contributed by atoms with Gasteiger partial charge >= 0.3 is 0 Å². The van der Waals surface area contributed by atoms with Crippen LogP contribution in [-0.4, -0.2) is 34.7 Å². The quantitative estimate of drug-likeness (QED) is 0.849. The smallest absolute Gasteiger partial charge is 0.255 e. The molecule has 0 aliphatic heterocycles. The molecule has 0 aliphatic carbocycles. The first-order valence-corrected chi connectivity index (χ1v) is 9.01. The molecule has 2 aromatic rings. The zero-order valence-electron chi connectivity index (χ0n) is 13.8. The molecule has 0 atom stereocenters. The molecule has 0 saturated carbocycles. The Hall–Kier alpha value is -2.68. The van der Waals surface area contributed by atoms with Gasteiger partial charge in [0.25, 0.3) is 5.91 Å². The van der Waals surface area contributed by atoms with E-state index in [2.05, 4.69) is 10.0 Å². The van der Waals surface area contributed by atoms with Gasteiger partial charge in [-0.1, -0.05) is 6.07 Å². The summed E-state index contributed by atoms with van der Waals surface area (Å²) in [7, 11) is -0.488. The number of amides is 1. The number of rotatable bonds is 5. The Bertz CT molecular complexity index is 892. The topological polar surface area (TPSA) is 78.5 Å². The van der Waals surface area contributed by atoms with Crippen LogP contribution in [-0.2, 0) is 10.0 Å². The second-order valence-corrected chi connectivity index (χ2v) is 7.34. The van der Waals surface area contributed by atoms with Crippen LogP contribution in [0.2, 0.25) is 0 Å². The molecule has 9 heteroatoms. The largest absolute Gasteiger partial charge is 0.373 e. The van der Waals surface area contributed by atoms with E-state index in [1.807, 2.05) is 0 Å². The van der Waals surface area contributed by atoms with Crippen molar-refractivity contribution in [1.29, 1.82) is 0 Å². The average molecular weight is 369 g/mol. The first kappa shape index (κ1) is 18.7. The van der Waals surface area contributed by atoms with E-state index < -0.39 is 27.6 Å². The molecule has 134 valence electrons. The SMILES string of the molecule is CN(C)c1c(F)cc(NC(=O)c2cccc(NS(C)(=O)=O)c2)cc1F. The van der Waals surface area contributed by atoms with Crippen molar-refractivity contribution >= 4 is 33.0 Å². The van der Waals surface area contributed by atoms with Crippen LogP contribution in [0, 0.1) is 11.6 Å². The van der Waals surface area contributed by atoms with Gasteiger partial charge in [0, 0.05) is 31.0 Å². The minimum atomic E-state index is -3.49. The van der Waals surface area contributed by atoms with E-state index in [9.17, 15) is 22.0 Å². The lowest BCUT2D eigenvalue weighted by atomic mass is 10.2. The molecule has 2 rings (SSSR count). The Morgan fingerprint density at radius 2 is 1.64 bits per heavy atom. The van der Waals surface area contributed by atoms with Crippen LogP contribution in [0.25, 0.3) is 0 Å². The standard InChI is InChI=1S/C16H17F2N3O3S/c1-21(2)15-13(17)8-12(9-14(15)18)19-16(22)10-5-4-6-11(7-10)20-25(3,23)24/h4-9,20H,1-3H3,(H,19,22). The third-order valence-corrected chi connectivity index (χ3v) is 3.76. The summed E-state index contributed by atoms with van der Waals surface area (Å²) in [5, 5.41) is 2.38. The zero-order valence-corrected chi connectivity index (χ0v) is 14.6. The Kier molecular flexibility index (Phi) is 5.27. The highest BCUT2D eigenvalue weighted by atomic mass is 32.2. The summed E-state index contributed by atoms with van der Waals surface area (Å²) < 4.78 is 52.6. The number of sulfonamides is 1. The summed E-state index contributed by atoms with van der Waals surface area (Å²) in [6.07, 6.45) is 0.984. The molecule has 1 amide bonds. The van der Waals surface area contributed by atoms with Gasteiger partial charge in [-0.3, -0.25) is 9.52 Å². The molecule has 6 nitrogen and oxygen atoms in total. The molecule has 0 heterocycles. The van der Waals surface area contributed by atoms with E-state index in [0.717, 1.165) is 18.4 Å². The van der Waals surface area contributed by atoms with Gasteiger partial charge in [-0.15, -0.1) is 0 Å². The van der Waals surface area contributed by atoms with Crippen molar-refractivity contribution < 1.29 is 22.0 Å². The van der Waals surface area contributed by atoms with Crippen LogP contribution < -0.4 is 14.9 Å². The fourth-order valence-electron chi connectivity index (χ4n) is 2.21. The minimum absolute atomic E-state index is 0.0490. The number of benzene rings is 2. The lowest BCUT2D eigenvalue weighted by Crippen LogP contribution is -2.16. The molecule has 2 N–H and O–H groups in total. The van der Waals surface area contributed by atoms with E-state index in [1.165, 1.54) is 43.3 Å². The monoisotopic (exact) mass is 369 g/mol. The molecule has 0 unspecified atom stereocenters. The van der Waals surface area contributed by atoms with Crippen LogP contribution in [0.15, 0.2) is 36.4 Å². The number of anilines is 3. The fraction of sp³-hybridized carbons (Fsp3) is 0.188. The van der Waals surface area contributed by atoms with E-state index in [-0.39, 0.29) is 22.6 Å². The third kappa shape index (κ3) is 4.90. The maximum atomic E-state index is 14.0. The Morgan fingerprint density at radius 1 is 1.04 bits per heavy atom. The minimum Gasteiger partial charge on any atom is -0.373 e. The summed E-state index contributed by atoms with van der Waals surface area (Å²) in [6, 6.07) is 7.74. The summed E-state index contributed by atoms with van der Waals surface area (Å²) in [5.41, 5.74) is 0.0750. The molecule has 0 fully saturated rings. The van der Waals surface area contributed by atoms with E-state index in [0.29, 0.717) is 0 Å². The lowest BCUT2D eigenvalue weighted by Gasteiger charge is -2.16. The third-order valence-electron chi connectivity index (χ3n) is 3.15. The number of halogens is 2. The molecule has 2 aromatic carbocycles. The van der Waals surface area contributed by atoms with Crippen molar-refractivity contribution in [3.63, 3.8) is 0 Å². The van der Waals surface area contributed by atoms with Gasteiger partial charge in [-0.05, 0) is 30.3 Å². The summed E-state index contributed by atoms with van der Waals surface area (Å²) in [5.74, 6) is -2.26. The van der Waals surface area contributed by atoms with Gasteiger partial charge in [-0.2, -0.15) is 0 Å². The summed E-state index contributed by atoms with van der Waals surface area (Å²) in [4.78, 5) is 13.5. The highest BCUT2D eigenvalue weighted by molar-refractivity contribution is 7.92. The van der Waals surface area contributed by atoms with E-state index in [4.69, 9.17) is 0 Å². The second kappa shape index (κ2) is 7.06. The molecule has 0 aromatic heterocycles. The fourth-order valence-corrected chi connectivity index (χ4v) is 2.76. The van der Waals surface area contributed by atoms with Crippen LogP contribution in [0.5, 0.6) is 0 Å². The first-order valence-electron chi connectivity index (χ1n) is 7.12. The van der Waals surface area contributed by atoms with Crippen molar-refractivity contribution in [3.05, 3.63) is 53.6 Å². The number of carbonyl (C=O) groups excluding carboxylic acids is 1. The van der Waals surface area contributed by atoms with Crippen LogP contribution in [0.3, 0.4) is 0 Å². The van der Waals surface area contributed by atoms with Crippen molar-refractivity contribution in [2.75, 3.05) is 35.3 Å². The van der Waals surface area contributed by atoms with Crippen molar-refractivity contribution in [1.82, 2.24) is 0 Å². The highest BCUT2D eigenvalue weighted by Crippen LogP contribution is 2.26. The zero-order chi connectivity index (χ0) is 18.8. The molecule has 0 spiro atoms. The maximum absolute atomic E-state index is 14.0. The van der Waals surface area contributed by atoms with Crippen molar-refractivity contribution in [2.45, 2.75) is 0 Å². The van der Waals surface area contributed by atoms with Gasteiger partial charge in [0.15, 0.2) is 11.6 Å². The second-order valence-electron chi connectivity index (χ2n) is 5.59. The molecule has 0 bridgehead atoms. The predicted molar refractivity (Wildman–Crippen MR) is 93.5 cm³/mol. The summed E-state index contributed by atoms with van der Waals surface area (Å²) >= 11 is 0. The van der Waals surface area contributed by atoms with Gasteiger partial charge in [-0.25, -0.2) is 17.2 Å². The number of hydrogen-bond acceptors (Lipinski definition) is 4. The predicted octanol–water partition coefficient (Wildman–Crippen LogP) is 2.65. The maximum Gasteiger partial charge on any atom is 0.255 e. The number of carbonyl (C=O) groups is 1. The van der Waals surface area contributed by atoms with E-state index in [1.54, 1.807) is 0 Å². The number of nitrogens with one attached hydrogen (secondary N) is 2. The van der Waals surface area contributed by atoms with Gasteiger partial charge < -0.3 is 10.2 Å². The Morgan fingerprint density at radius 3 is 2.16 bits per heavy atom.